The maximum Gasteiger partial charge on any atom is 0.169 e. The average Bonchev–Trinajstić information content (AvgIpc) is 3.54. The molecule has 2 fully saturated rings. The molecule has 0 radical (unpaired) electrons. The minimum Gasteiger partial charge on any atom is -0.381 e. The van der Waals surface area contributed by atoms with Gasteiger partial charge in [0.15, 0.2) is 5.78 Å². The molecule has 6 heteroatoms. The highest BCUT2D eigenvalue weighted by atomic mass is 16.5. The number of nitrogens with zero attached hydrogens (tertiary/aromatic N) is 2. The number of hydrogen-bond acceptors (Lipinski definition) is 6. The van der Waals surface area contributed by atoms with Crippen molar-refractivity contribution in [3.63, 3.8) is 0 Å². The minimum atomic E-state index is 0.148. The molecule has 0 spiro atoms. The van der Waals surface area contributed by atoms with Crippen LogP contribution in [-0.4, -0.2) is 28.0 Å². The molecular weight excluding hydrogens is 376 g/mol. The normalized spacial score (nSPS) is 21.7. The lowest BCUT2D eigenvalue weighted by Crippen LogP contribution is -2.33. The summed E-state index contributed by atoms with van der Waals surface area (Å²) in [5, 5.41) is 8.80. The van der Waals surface area contributed by atoms with E-state index < -0.39 is 0 Å². The Morgan fingerprint density at radius 3 is 2.57 bits per heavy atom. The number of carbonyl (C=O) groups is 1. The molecule has 5 rings (SSSR count). The number of nitrogens with two attached hydrogens (primary N) is 1. The summed E-state index contributed by atoms with van der Waals surface area (Å²) >= 11 is 0. The molecule has 0 amide bonds. The summed E-state index contributed by atoms with van der Waals surface area (Å²) in [5.74, 6) is 1.15. The predicted molar refractivity (Wildman–Crippen MR) is 118 cm³/mol. The number of rotatable bonds is 5. The number of nitrogens with one attached hydrogen (secondary N) is 1. The number of ketones is 1. The Kier molecular flexibility index (Phi) is 4.82. The van der Waals surface area contributed by atoms with Gasteiger partial charge in [0.1, 0.15) is 5.76 Å². The van der Waals surface area contributed by atoms with Gasteiger partial charge in [-0.2, -0.15) is 0 Å². The molecule has 2 aromatic heterocycles. The summed E-state index contributed by atoms with van der Waals surface area (Å²) in [6, 6.07) is 6.80. The first-order chi connectivity index (χ1) is 14.5. The molecule has 0 unspecified atom stereocenters. The summed E-state index contributed by atoms with van der Waals surface area (Å²) in [5.41, 5.74) is 11.5. The Labute approximate surface area is 176 Å². The topological polar surface area (TPSA) is 94.0 Å². The molecule has 6 nitrogen and oxygen atoms in total. The number of carbonyl (C=O) groups excluding carboxylic acids is 1. The zero-order valence-corrected chi connectivity index (χ0v) is 17.6. The largest absolute Gasteiger partial charge is 0.381 e. The molecule has 156 valence electrons. The second kappa shape index (κ2) is 7.51. The van der Waals surface area contributed by atoms with Crippen LogP contribution in [0.4, 0.5) is 5.69 Å². The molecule has 0 bridgehead atoms. The first kappa shape index (κ1) is 19.2. The maximum absolute atomic E-state index is 13.1. The van der Waals surface area contributed by atoms with Gasteiger partial charge in [-0.05, 0) is 70.1 Å². The van der Waals surface area contributed by atoms with Crippen LogP contribution in [-0.2, 0) is 0 Å². The van der Waals surface area contributed by atoms with Gasteiger partial charge in [-0.3, -0.25) is 9.78 Å². The molecule has 0 saturated heterocycles. The van der Waals surface area contributed by atoms with Crippen molar-refractivity contribution < 1.29 is 9.32 Å². The number of fused-ring (bicyclic) bond motifs is 1. The number of pyridine rings is 1. The SMILES string of the molecule is Cc1noc(C)c1-c1ccc2ncc(C(=O)C3CC3)c(NC3CCC(N)CC3)c2c1. The molecule has 0 atom stereocenters. The molecule has 2 saturated carbocycles. The number of anilines is 1. The van der Waals surface area contributed by atoms with E-state index in [0.29, 0.717) is 6.04 Å². The third-order valence-corrected chi connectivity index (χ3v) is 6.52. The smallest absolute Gasteiger partial charge is 0.169 e. The van der Waals surface area contributed by atoms with Crippen molar-refractivity contribution in [2.75, 3.05) is 5.32 Å². The van der Waals surface area contributed by atoms with Crippen LogP contribution < -0.4 is 11.1 Å². The van der Waals surface area contributed by atoms with Crippen molar-refractivity contribution in [3.8, 4) is 11.1 Å². The van der Waals surface area contributed by atoms with Crippen LogP contribution in [0.15, 0.2) is 28.9 Å². The van der Waals surface area contributed by atoms with E-state index in [1.165, 1.54) is 0 Å². The van der Waals surface area contributed by atoms with Crippen molar-refractivity contribution in [1.82, 2.24) is 10.1 Å². The molecule has 1 aromatic carbocycles. The third kappa shape index (κ3) is 3.49. The Morgan fingerprint density at radius 2 is 1.90 bits per heavy atom. The van der Waals surface area contributed by atoms with Crippen LogP contribution in [0.5, 0.6) is 0 Å². The fourth-order valence-corrected chi connectivity index (χ4v) is 4.62. The molecule has 2 heterocycles. The second-order valence-corrected chi connectivity index (χ2v) is 8.87. The fourth-order valence-electron chi connectivity index (χ4n) is 4.62. The van der Waals surface area contributed by atoms with Gasteiger partial charge in [0, 0.05) is 35.1 Å². The molecule has 30 heavy (non-hydrogen) atoms. The van der Waals surface area contributed by atoms with Crippen LogP contribution in [0.3, 0.4) is 0 Å². The highest BCUT2D eigenvalue weighted by molar-refractivity contribution is 6.10. The number of Topliss-reactive ketones (excluding diaryl/α,β-unsaturated/α-hetero) is 1. The minimum absolute atomic E-state index is 0.148. The van der Waals surface area contributed by atoms with Gasteiger partial charge in [-0.15, -0.1) is 0 Å². The van der Waals surface area contributed by atoms with E-state index in [-0.39, 0.29) is 17.7 Å². The third-order valence-electron chi connectivity index (χ3n) is 6.52. The van der Waals surface area contributed by atoms with Crippen molar-refractivity contribution in [1.29, 1.82) is 0 Å². The van der Waals surface area contributed by atoms with Crippen molar-refractivity contribution in [3.05, 3.63) is 41.4 Å². The summed E-state index contributed by atoms with van der Waals surface area (Å²) in [4.78, 5) is 17.7. The fraction of sp³-hybridized carbons (Fsp3) is 0.458. The second-order valence-electron chi connectivity index (χ2n) is 8.87. The maximum atomic E-state index is 13.1. The van der Waals surface area contributed by atoms with E-state index in [1.54, 1.807) is 6.20 Å². The standard InChI is InChI=1S/C24H28N4O2/c1-13-22(14(2)30-28-13)16-5-10-21-19(11-16)23(27-18-8-6-17(25)7-9-18)20(12-26-21)24(29)15-3-4-15/h5,10-12,15,17-18H,3-4,6-9,25H2,1-2H3,(H,26,27). The van der Waals surface area contributed by atoms with Gasteiger partial charge in [-0.1, -0.05) is 11.2 Å². The quantitative estimate of drug-likeness (QED) is 0.594. The van der Waals surface area contributed by atoms with Crippen LogP contribution in [0, 0.1) is 19.8 Å². The lowest BCUT2D eigenvalue weighted by molar-refractivity contribution is 0.0968. The monoisotopic (exact) mass is 404 g/mol. The molecular formula is C24H28N4O2. The zero-order chi connectivity index (χ0) is 20.8. The van der Waals surface area contributed by atoms with Crippen LogP contribution in [0.2, 0.25) is 0 Å². The van der Waals surface area contributed by atoms with Gasteiger partial charge in [0.25, 0.3) is 0 Å². The average molecular weight is 405 g/mol. The lowest BCUT2D eigenvalue weighted by atomic mass is 9.91. The van der Waals surface area contributed by atoms with Gasteiger partial charge in [0.05, 0.1) is 22.5 Å². The zero-order valence-electron chi connectivity index (χ0n) is 17.6. The van der Waals surface area contributed by atoms with Gasteiger partial charge in [-0.25, -0.2) is 0 Å². The molecule has 0 aliphatic heterocycles. The van der Waals surface area contributed by atoms with Crippen molar-refractivity contribution in [2.45, 2.75) is 64.5 Å². The Balaban J connectivity index is 1.62. The van der Waals surface area contributed by atoms with Gasteiger partial charge < -0.3 is 15.6 Å². The summed E-state index contributed by atoms with van der Waals surface area (Å²) in [6.07, 6.45) is 7.78. The van der Waals surface area contributed by atoms with Gasteiger partial charge in [0.2, 0.25) is 0 Å². The number of aryl methyl sites for hydroxylation is 2. The molecule has 2 aliphatic carbocycles. The summed E-state index contributed by atoms with van der Waals surface area (Å²) < 4.78 is 5.38. The first-order valence-corrected chi connectivity index (χ1v) is 10.9. The van der Waals surface area contributed by atoms with Crippen LogP contribution >= 0.6 is 0 Å². The van der Waals surface area contributed by atoms with E-state index in [1.807, 2.05) is 26.0 Å². The van der Waals surface area contributed by atoms with E-state index in [0.717, 1.165) is 83.3 Å². The molecule has 3 N–H and O–H groups in total. The Morgan fingerprint density at radius 1 is 1.13 bits per heavy atom. The van der Waals surface area contributed by atoms with E-state index in [4.69, 9.17) is 10.3 Å². The van der Waals surface area contributed by atoms with Crippen LogP contribution in [0.25, 0.3) is 22.0 Å². The predicted octanol–water partition coefficient (Wildman–Crippen LogP) is 4.78. The number of aromatic nitrogens is 2. The summed E-state index contributed by atoms with van der Waals surface area (Å²) in [6.45, 7) is 3.88. The number of hydrogen-bond donors (Lipinski definition) is 2. The number of benzene rings is 1. The highest BCUT2D eigenvalue weighted by Gasteiger charge is 2.33. The highest BCUT2D eigenvalue weighted by Crippen LogP contribution is 2.39. The Bertz CT molecular complexity index is 1090. The molecule has 2 aliphatic rings. The molecule has 3 aromatic rings. The summed E-state index contributed by atoms with van der Waals surface area (Å²) in [7, 11) is 0. The van der Waals surface area contributed by atoms with E-state index >= 15 is 0 Å². The van der Waals surface area contributed by atoms with E-state index in [9.17, 15) is 4.79 Å². The Hall–Kier alpha value is -2.73. The van der Waals surface area contributed by atoms with Gasteiger partial charge >= 0.3 is 0 Å². The van der Waals surface area contributed by atoms with Crippen LogP contribution in [0.1, 0.15) is 60.3 Å². The van der Waals surface area contributed by atoms with Crippen molar-refractivity contribution >= 4 is 22.4 Å². The first-order valence-electron chi connectivity index (χ1n) is 10.9. The lowest BCUT2D eigenvalue weighted by Gasteiger charge is -2.29. The van der Waals surface area contributed by atoms with E-state index in [2.05, 4.69) is 21.5 Å². The van der Waals surface area contributed by atoms with Crippen molar-refractivity contribution in [2.24, 2.45) is 11.7 Å².